The molecule has 0 N–H and O–H groups in total. The van der Waals surface area contributed by atoms with Crippen LogP contribution in [0.4, 0.5) is 0 Å². The molecule has 2 aromatic rings. The van der Waals surface area contributed by atoms with Gasteiger partial charge in [0.2, 0.25) is 0 Å². The van der Waals surface area contributed by atoms with Crippen molar-refractivity contribution in [3.8, 4) is 11.8 Å². The Hall–Kier alpha value is -2.18. The second kappa shape index (κ2) is 9.55. The Morgan fingerprint density at radius 3 is 2.41 bits per heavy atom. The standard InChI is InChI=1S/C26H30O2S/c1-5-20-18-24-23(26(6-2,7-3)15-16-29-24)17-22(20)14-11-19-9-12-21(13-10-19)25(27)28-8-4/h9-10,12-13,17-18H,5-8,15-16H2,1-4H3. The van der Waals surface area contributed by atoms with Gasteiger partial charge in [0.1, 0.15) is 0 Å². The first-order chi connectivity index (χ1) is 14.1. The topological polar surface area (TPSA) is 26.3 Å². The Kier molecular flexibility index (Phi) is 7.09. The zero-order valence-corrected chi connectivity index (χ0v) is 18.7. The molecular weight excluding hydrogens is 376 g/mol. The van der Waals surface area contributed by atoms with Crippen molar-refractivity contribution in [2.45, 2.75) is 63.7 Å². The highest BCUT2D eigenvalue weighted by atomic mass is 32.2. The molecule has 0 aromatic heterocycles. The summed E-state index contributed by atoms with van der Waals surface area (Å²) in [5.74, 6) is 7.63. The van der Waals surface area contributed by atoms with Gasteiger partial charge in [-0.3, -0.25) is 0 Å². The predicted octanol–water partition coefficient (Wildman–Crippen LogP) is 6.38. The minimum atomic E-state index is -0.289. The molecule has 2 nitrogen and oxygen atoms in total. The summed E-state index contributed by atoms with van der Waals surface area (Å²) in [5.41, 5.74) is 5.68. The molecule has 0 spiro atoms. The lowest BCUT2D eigenvalue weighted by Crippen LogP contribution is -2.29. The summed E-state index contributed by atoms with van der Waals surface area (Å²) in [7, 11) is 0. The predicted molar refractivity (Wildman–Crippen MR) is 122 cm³/mol. The monoisotopic (exact) mass is 406 g/mol. The Morgan fingerprint density at radius 1 is 1.07 bits per heavy atom. The molecule has 0 radical (unpaired) electrons. The van der Waals surface area contributed by atoms with Crippen molar-refractivity contribution < 1.29 is 9.53 Å². The fourth-order valence-corrected chi connectivity index (χ4v) is 5.45. The van der Waals surface area contributed by atoms with Crippen LogP contribution in [0.15, 0.2) is 41.3 Å². The van der Waals surface area contributed by atoms with Crippen molar-refractivity contribution in [2.24, 2.45) is 0 Å². The maximum atomic E-state index is 11.8. The number of fused-ring (bicyclic) bond motifs is 1. The third-order valence-corrected chi connectivity index (χ3v) is 7.14. The lowest BCUT2D eigenvalue weighted by molar-refractivity contribution is 0.0526. The van der Waals surface area contributed by atoms with E-state index in [0.717, 1.165) is 17.5 Å². The first-order valence-electron chi connectivity index (χ1n) is 10.7. The number of benzene rings is 2. The summed E-state index contributed by atoms with van der Waals surface area (Å²) in [6.07, 6.45) is 4.56. The highest BCUT2D eigenvalue weighted by Crippen LogP contribution is 2.46. The van der Waals surface area contributed by atoms with Gasteiger partial charge in [-0.15, -0.1) is 11.8 Å². The zero-order chi connectivity index (χ0) is 20.9. The van der Waals surface area contributed by atoms with E-state index in [4.69, 9.17) is 4.74 Å². The fourth-order valence-electron chi connectivity index (χ4n) is 4.08. The summed E-state index contributed by atoms with van der Waals surface area (Å²) in [5, 5.41) is 0. The van der Waals surface area contributed by atoms with Crippen molar-refractivity contribution in [3.05, 3.63) is 64.2 Å². The molecule has 1 aliphatic rings. The Morgan fingerprint density at radius 2 is 1.79 bits per heavy atom. The van der Waals surface area contributed by atoms with Crippen LogP contribution in [0.3, 0.4) is 0 Å². The van der Waals surface area contributed by atoms with E-state index >= 15 is 0 Å². The van der Waals surface area contributed by atoms with Gasteiger partial charge in [0.05, 0.1) is 12.2 Å². The average molecular weight is 407 g/mol. The Bertz CT molecular complexity index is 928. The van der Waals surface area contributed by atoms with Gasteiger partial charge in [-0.1, -0.05) is 32.6 Å². The van der Waals surface area contributed by atoms with Crippen LogP contribution in [0, 0.1) is 11.8 Å². The van der Waals surface area contributed by atoms with Crippen molar-refractivity contribution in [1.82, 2.24) is 0 Å². The van der Waals surface area contributed by atoms with Crippen LogP contribution in [0.25, 0.3) is 0 Å². The Balaban J connectivity index is 1.95. The molecule has 3 rings (SSSR count). The molecule has 0 saturated heterocycles. The van der Waals surface area contributed by atoms with E-state index in [2.05, 4.69) is 44.7 Å². The number of carbonyl (C=O) groups excluding carboxylic acids is 1. The fraction of sp³-hybridized carbons (Fsp3) is 0.423. The molecule has 2 aromatic carbocycles. The number of hydrogen-bond donors (Lipinski definition) is 0. The van der Waals surface area contributed by atoms with Crippen LogP contribution < -0.4 is 0 Å². The maximum absolute atomic E-state index is 11.8. The molecule has 0 bridgehead atoms. The molecule has 152 valence electrons. The van der Waals surface area contributed by atoms with E-state index in [1.54, 1.807) is 12.1 Å². The number of hydrogen-bond acceptors (Lipinski definition) is 3. The van der Waals surface area contributed by atoms with Crippen molar-refractivity contribution in [1.29, 1.82) is 0 Å². The molecule has 1 heterocycles. The minimum Gasteiger partial charge on any atom is -0.462 e. The van der Waals surface area contributed by atoms with E-state index < -0.39 is 0 Å². The van der Waals surface area contributed by atoms with E-state index in [0.29, 0.717) is 12.2 Å². The molecule has 0 unspecified atom stereocenters. The van der Waals surface area contributed by atoms with Gasteiger partial charge in [-0.05, 0) is 91.3 Å². The molecule has 1 aliphatic heterocycles. The molecule has 0 atom stereocenters. The molecule has 0 aliphatic carbocycles. The first-order valence-corrected chi connectivity index (χ1v) is 11.6. The number of ether oxygens (including phenoxy) is 1. The Labute approximate surface area is 179 Å². The van der Waals surface area contributed by atoms with Gasteiger partial charge >= 0.3 is 5.97 Å². The zero-order valence-electron chi connectivity index (χ0n) is 17.9. The largest absolute Gasteiger partial charge is 0.462 e. The SMILES string of the molecule is CCOC(=O)c1ccc(C#Cc2cc3c(cc2CC)SCCC3(CC)CC)cc1. The van der Waals surface area contributed by atoms with Crippen LogP contribution in [0.5, 0.6) is 0 Å². The molecule has 3 heteroatoms. The van der Waals surface area contributed by atoms with E-state index in [1.807, 2.05) is 30.8 Å². The summed E-state index contributed by atoms with van der Waals surface area (Å²) in [6, 6.07) is 12.1. The van der Waals surface area contributed by atoms with Gasteiger partial charge in [-0.25, -0.2) is 4.79 Å². The third-order valence-electron chi connectivity index (χ3n) is 6.09. The second-order valence-corrected chi connectivity index (χ2v) is 8.63. The lowest BCUT2D eigenvalue weighted by atomic mass is 9.72. The molecule has 0 saturated carbocycles. The normalized spacial score (nSPS) is 14.5. The highest BCUT2D eigenvalue weighted by Gasteiger charge is 2.34. The summed E-state index contributed by atoms with van der Waals surface area (Å²) in [6.45, 7) is 9.02. The van der Waals surface area contributed by atoms with Crippen molar-refractivity contribution >= 4 is 17.7 Å². The van der Waals surface area contributed by atoms with Crippen LogP contribution >= 0.6 is 11.8 Å². The van der Waals surface area contributed by atoms with Crippen molar-refractivity contribution in [3.63, 3.8) is 0 Å². The summed E-state index contributed by atoms with van der Waals surface area (Å²) in [4.78, 5) is 13.3. The number of aryl methyl sites for hydroxylation is 1. The number of carbonyl (C=O) groups is 1. The average Bonchev–Trinajstić information content (AvgIpc) is 2.77. The quantitative estimate of drug-likeness (QED) is 0.426. The van der Waals surface area contributed by atoms with Crippen molar-refractivity contribution in [2.75, 3.05) is 12.4 Å². The minimum absolute atomic E-state index is 0.282. The van der Waals surface area contributed by atoms with Crippen LogP contribution in [-0.2, 0) is 16.6 Å². The molecule has 29 heavy (non-hydrogen) atoms. The van der Waals surface area contributed by atoms with Crippen LogP contribution in [-0.4, -0.2) is 18.3 Å². The van der Waals surface area contributed by atoms with Gasteiger partial charge in [0.15, 0.2) is 0 Å². The third kappa shape index (κ3) is 4.54. The van der Waals surface area contributed by atoms with Crippen LogP contribution in [0.1, 0.15) is 79.6 Å². The molecule has 0 fully saturated rings. The smallest absolute Gasteiger partial charge is 0.338 e. The van der Waals surface area contributed by atoms with Gasteiger partial charge in [0, 0.05) is 16.0 Å². The van der Waals surface area contributed by atoms with Gasteiger partial charge in [-0.2, -0.15) is 0 Å². The van der Waals surface area contributed by atoms with Crippen LogP contribution in [0.2, 0.25) is 0 Å². The molecular formula is C26H30O2S. The highest BCUT2D eigenvalue weighted by molar-refractivity contribution is 7.99. The number of rotatable bonds is 5. The lowest BCUT2D eigenvalue weighted by Gasteiger charge is -2.38. The number of thioether (sulfide) groups is 1. The number of esters is 1. The second-order valence-electron chi connectivity index (χ2n) is 7.49. The van der Waals surface area contributed by atoms with E-state index in [1.165, 1.54) is 41.0 Å². The summed E-state index contributed by atoms with van der Waals surface area (Å²) >= 11 is 1.99. The molecule has 0 amide bonds. The van der Waals surface area contributed by atoms with E-state index in [-0.39, 0.29) is 11.4 Å². The van der Waals surface area contributed by atoms with E-state index in [9.17, 15) is 4.79 Å². The maximum Gasteiger partial charge on any atom is 0.338 e. The summed E-state index contributed by atoms with van der Waals surface area (Å²) < 4.78 is 5.04. The van der Waals surface area contributed by atoms with Gasteiger partial charge < -0.3 is 4.74 Å². The van der Waals surface area contributed by atoms with Gasteiger partial charge in [0.25, 0.3) is 0 Å². The first kappa shape index (κ1) is 21.5.